The Morgan fingerprint density at radius 2 is 1.72 bits per heavy atom. The van der Waals surface area contributed by atoms with Crippen molar-refractivity contribution in [1.82, 2.24) is 14.9 Å². The molecule has 0 spiro atoms. The second-order valence-corrected chi connectivity index (χ2v) is 11.9. The first kappa shape index (κ1) is 22.1. The van der Waals surface area contributed by atoms with E-state index >= 15 is 0 Å². The summed E-state index contributed by atoms with van der Waals surface area (Å²) in [6, 6.07) is 12.2. The second-order valence-electron chi connectivity index (χ2n) is 8.98. The summed E-state index contributed by atoms with van der Waals surface area (Å²) in [5.74, 6) is 0.695. The number of morpholine rings is 1. The van der Waals surface area contributed by atoms with Gasteiger partial charge in [0.15, 0.2) is 9.84 Å². The number of nitrogens with zero attached hydrogens (tertiary/aromatic N) is 4. The molecule has 2 aromatic rings. The fraction of sp³-hybridized carbons (Fsp3) is 0.565. The van der Waals surface area contributed by atoms with E-state index in [1.165, 1.54) is 5.56 Å². The standard InChI is InChI=1S/C23H29ClN4O3S/c24-22-25-20(16-21(26-22)28-12-14-31-15-13-28)23(32(29,30)19-6-7-19)8-10-27(11-9-23)17-18-4-2-1-3-5-18/h1-5,16,19H,6-15,17H2. The van der Waals surface area contributed by atoms with Gasteiger partial charge in [0.25, 0.3) is 0 Å². The first-order valence-corrected chi connectivity index (χ1v) is 13.3. The summed E-state index contributed by atoms with van der Waals surface area (Å²) < 4.78 is 32.0. The van der Waals surface area contributed by atoms with Gasteiger partial charge in [-0.3, -0.25) is 4.90 Å². The molecule has 1 saturated carbocycles. The van der Waals surface area contributed by atoms with Gasteiger partial charge in [-0.05, 0) is 42.8 Å². The molecular formula is C23H29ClN4O3S. The number of benzene rings is 1. The van der Waals surface area contributed by atoms with Crippen molar-refractivity contribution < 1.29 is 13.2 Å². The molecule has 2 saturated heterocycles. The van der Waals surface area contributed by atoms with Crippen LogP contribution in [0.1, 0.15) is 36.9 Å². The summed E-state index contributed by atoms with van der Waals surface area (Å²) in [5.41, 5.74) is 1.80. The van der Waals surface area contributed by atoms with Gasteiger partial charge in [-0.1, -0.05) is 30.3 Å². The van der Waals surface area contributed by atoms with E-state index in [1.54, 1.807) is 0 Å². The van der Waals surface area contributed by atoms with E-state index < -0.39 is 14.6 Å². The quantitative estimate of drug-likeness (QED) is 0.593. The Kier molecular flexibility index (Phi) is 6.13. The van der Waals surface area contributed by atoms with E-state index in [9.17, 15) is 8.42 Å². The van der Waals surface area contributed by atoms with Crippen LogP contribution < -0.4 is 4.90 Å². The van der Waals surface area contributed by atoms with Gasteiger partial charge in [0.1, 0.15) is 10.6 Å². The number of likely N-dealkylation sites (tertiary alicyclic amines) is 1. The molecule has 1 aliphatic carbocycles. The highest BCUT2D eigenvalue weighted by molar-refractivity contribution is 7.93. The minimum Gasteiger partial charge on any atom is -0.378 e. The average Bonchev–Trinajstić information content (AvgIpc) is 3.67. The number of rotatable bonds is 6. The Balaban J connectivity index is 1.45. The number of ether oxygens (including phenoxy) is 1. The maximum atomic E-state index is 13.8. The van der Waals surface area contributed by atoms with Crippen molar-refractivity contribution in [2.24, 2.45) is 0 Å². The van der Waals surface area contributed by atoms with Crippen LogP contribution in [0.15, 0.2) is 36.4 Å². The van der Waals surface area contributed by atoms with E-state index in [0.29, 0.717) is 63.7 Å². The Bertz CT molecular complexity index is 1050. The van der Waals surface area contributed by atoms with E-state index in [-0.39, 0.29) is 10.5 Å². The molecule has 1 aromatic heterocycles. The SMILES string of the molecule is O=S(=O)(C1CC1)C1(c2cc(N3CCOCC3)nc(Cl)n2)CCN(Cc2ccccc2)CC1. The van der Waals surface area contributed by atoms with Gasteiger partial charge < -0.3 is 9.64 Å². The van der Waals surface area contributed by atoms with Crippen LogP contribution in [-0.2, 0) is 25.9 Å². The topological polar surface area (TPSA) is 75.6 Å². The van der Waals surface area contributed by atoms with Gasteiger partial charge in [0, 0.05) is 38.8 Å². The number of sulfone groups is 1. The maximum Gasteiger partial charge on any atom is 0.224 e. The molecule has 0 unspecified atom stereocenters. The summed E-state index contributed by atoms with van der Waals surface area (Å²) in [5, 5.41) is -0.148. The summed E-state index contributed by atoms with van der Waals surface area (Å²) in [7, 11) is -3.38. The zero-order valence-electron chi connectivity index (χ0n) is 18.1. The molecule has 7 nitrogen and oxygen atoms in total. The molecule has 0 N–H and O–H groups in total. The van der Waals surface area contributed by atoms with Crippen LogP contribution >= 0.6 is 11.6 Å². The highest BCUT2D eigenvalue weighted by Crippen LogP contribution is 2.48. The number of aromatic nitrogens is 2. The monoisotopic (exact) mass is 476 g/mol. The molecule has 0 radical (unpaired) electrons. The van der Waals surface area contributed by atoms with Crippen molar-refractivity contribution >= 4 is 27.3 Å². The van der Waals surface area contributed by atoms with Gasteiger partial charge in [0.2, 0.25) is 5.28 Å². The minimum absolute atomic E-state index is 0.112. The van der Waals surface area contributed by atoms with Crippen molar-refractivity contribution in [3.63, 3.8) is 0 Å². The van der Waals surface area contributed by atoms with Crippen molar-refractivity contribution in [1.29, 1.82) is 0 Å². The lowest BCUT2D eigenvalue weighted by Gasteiger charge is -2.41. The highest BCUT2D eigenvalue weighted by atomic mass is 35.5. The Hall–Kier alpha value is -1.74. The molecule has 9 heteroatoms. The van der Waals surface area contributed by atoms with Crippen LogP contribution in [0.4, 0.5) is 5.82 Å². The van der Waals surface area contributed by atoms with Crippen LogP contribution in [-0.4, -0.2) is 67.9 Å². The first-order valence-electron chi connectivity index (χ1n) is 11.4. The van der Waals surface area contributed by atoms with Crippen LogP contribution in [0.3, 0.4) is 0 Å². The molecule has 1 aromatic carbocycles. The van der Waals surface area contributed by atoms with Crippen LogP contribution in [0, 0.1) is 0 Å². The molecule has 0 bridgehead atoms. The summed E-state index contributed by atoms with van der Waals surface area (Å²) in [4.78, 5) is 13.4. The molecule has 3 fully saturated rings. The van der Waals surface area contributed by atoms with Gasteiger partial charge in [-0.2, -0.15) is 0 Å². The van der Waals surface area contributed by atoms with E-state index in [1.807, 2.05) is 24.3 Å². The summed E-state index contributed by atoms with van der Waals surface area (Å²) >= 11 is 6.35. The molecule has 5 rings (SSSR count). The third-order valence-corrected chi connectivity index (χ3v) is 10.1. The Morgan fingerprint density at radius 3 is 2.38 bits per heavy atom. The molecule has 172 valence electrons. The fourth-order valence-electron chi connectivity index (χ4n) is 4.89. The Labute approximate surface area is 194 Å². The molecule has 0 amide bonds. The van der Waals surface area contributed by atoms with Crippen molar-refractivity contribution in [3.8, 4) is 0 Å². The minimum atomic E-state index is -3.38. The molecule has 2 aliphatic heterocycles. The van der Waals surface area contributed by atoms with Gasteiger partial charge in [-0.15, -0.1) is 0 Å². The third-order valence-electron chi connectivity index (χ3n) is 6.91. The number of hydrogen-bond acceptors (Lipinski definition) is 7. The first-order chi connectivity index (χ1) is 15.5. The number of hydrogen-bond donors (Lipinski definition) is 0. The average molecular weight is 477 g/mol. The number of anilines is 1. The lowest BCUT2D eigenvalue weighted by atomic mass is 9.91. The van der Waals surface area contributed by atoms with Crippen LogP contribution in [0.5, 0.6) is 0 Å². The van der Waals surface area contributed by atoms with Crippen molar-refractivity contribution in [2.75, 3.05) is 44.3 Å². The van der Waals surface area contributed by atoms with E-state index in [4.69, 9.17) is 16.3 Å². The maximum absolute atomic E-state index is 13.8. The number of halogens is 1. The smallest absolute Gasteiger partial charge is 0.224 e. The van der Waals surface area contributed by atoms with Crippen molar-refractivity contribution in [3.05, 3.63) is 52.9 Å². The fourth-order valence-corrected chi connectivity index (χ4v) is 7.61. The molecule has 3 heterocycles. The Morgan fingerprint density at radius 1 is 1.03 bits per heavy atom. The van der Waals surface area contributed by atoms with Crippen LogP contribution in [0.25, 0.3) is 0 Å². The van der Waals surface area contributed by atoms with E-state index in [0.717, 1.165) is 19.4 Å². The van der Waals surface area contributed by atoms with Gasteiger partial charge in [-0.25, -0.2) is 18.4 Å². The largest absolute Gasteiger partial charge is 0.378 e. The molecule has 3 aliphatic rings. The summed E-state index contributed by atoms with van der Waals surface area (Å²) in [6.45, 7) is 4.89. The second kappa shape index (κ2) is 8.89. The van der Waals surface area contributed by atoms with E-state index in [2.05, 4.69) is 31.9 Å². The predicted octanol–water partition coefficient (Wildman–Crippen LogP) is 3.04. The normalized spacial score (nSPS) is 22.1. The molecule has 32 heavy (non-hydrogen) atoms. The van der Waals surface area contributed by atoms with Crippen LogP contribution in [0.2, 0.25) is 5.28 Å². The lowest BCUT2D eigenvalue weighted by Crippen LogP contribution is -2.49. The van der Waals surface area contributed by atoms with Crippen molar-refractivity contribution in [2.45, 2.75) is 42.2 Å². The molecule has 0 atom stereocenters. The highest BCUT2D eigenvalue weighted by Gasteiger charge is 2.55. The summed E-state index contributed by atoms with van der Waals surface area (Å²) in [6.07, 6.45) is 2.53. The third kappa shape index (κ3) is 4.25. The van der Waals surface area contributed by atoms with Gasteiger partial charge >= 0.3 is 0 Å². The zero-order valence-corrected chi connectivity index (χ0v) is 19.7. The predicted molar refractivity (Wildman–Crippen MR) is 125 cm³/mol. The van der Waals surface area contributed by atoms with Gasteiger partial charge in [0.05, 0.1) is 24.2 Å². The number of piperidine rings is 1. The molecular weight excluding hydrogens is 448 g/mol. The lowest BCUT2D eigenvalue weighted by molar-refractivity contribution is 0.122. The zero-order chi connectivity index (χ0) is 22.2.